The standard InChI is InChI=1S/C17H26N6O10/c1-8(24)28-7-13-14(30-9(2)25)15(31-10(3)26)16(32-11(4)27)17(33-13)29-6-12(21-23-19)5-20-22-18/h12-19H,5-7H2,1-4H3/q+2. The fourth-order valence-corrected chi connectivity index (χ4v) is 2.87. The highest BCUT2D eigenvalue weighted by Crippen LogP contribution is 2.30. The lowest BCUT2D eigenvalue weighted by Gasteiger charge is -2.44. The molecule has 1 aliphatic rings. The second-order valence-corrected chi connectivity index (χ2v) is 6.69. The summed E-state index contributed by atoms with van der Waals surface area (Å²) in [5.41, 5.74) is 13.6. The molecule has 0 aromatic heterocycles. The lowest BCUT2D eigenvalue weighted by molar-refractivity contribution is -0.308. The van der Waals surface area contributed by atoms with Crippen molar-refractivity contribution in [3.8, 4) is 0 Å². The van der Waals surface area contributed by atoms with E-state index in [1.807, 2.05) is 0 Å². The predicted octanol–water partition coefficient (Wildman–Crippen LogP) is -0.445. The average Bonchev–Trinajstić information content (AvgIpc) is 2.71. The molecular weight excluding hydrogens is 448 g/mol. The summed E-state index contributed by atoms with van der Waals surface area (Å²) in [6, 6.07) is -0.844. The summed E-state index contributed by atoms with van der Waals surface area (Å²) in [7, 11) is 0. The zero-order chi connectivity index (χ0) is 25.0. The smallest absolute Gasteiger partial charge is 0.303 e. The van der Waals surface area contributed by atoms with Gasteiger partial charge in [-0.3, -0.25) is 19.2 Å². The largest absolute Gasteiger partial charge is 0.463 e. The SMILES string of the molecule is CC(=O)OCC1OC(OCC(CN=[N+]=N)N=[N+]=N)C(OC(C)=O)C(OC(C)=O)C1OC(C)=O. The number of carbonyl (C=O) groups is 4. The van der Waals surface area contributed by atoms with Gasteiger partial charge in [0.15, 0.2) is 37.2 Å². The van der Waals surface area contributed by atoms with E-state index in [9.17, 15) is 19.2 Å². The van der Waals surface area contributed by atoms with E-state index in [1.54, 1.807) is 0 Å². The van der Waals surface area contributed by atoms with Crippen LogP contribution in [0.4, 0.5) is 0 Å². The molecule has 1 heterocycles. The Labute approximate surface area is 187 Å². The molecule has 0 radical (unpaired) electrons. The first-order valence-electron chi connectivity index (χ1n) is 9.60. The molecule has 1 saturated heterocycles. The Balaban J connectivity index is 3.30. The number of ether oxygens (including phenoxy) is 6. The summed E-state index contributed by atoms with van der Waals surface area (Å²) in [6.45, 7) is 3.62. The van der Waals surface area contributed by atoms with Crippen molar-refractivity contribution in [2.75, 3.05) is 19.8 Å². The van der Waals surface area contributed by atoms with Gasteiger partial charge in [-0.05, 0) is 0 Å². The molecule has 1 fully saturated rings. The van der Waals surface area contributed by atoms with Crippen molar-refractivity contribution in [2.45, 2.75) is 64.4 Å². The van der Waals surface area contributed by atoms with Crippen molar-refractivity contribution in [3.05, 3.63) is 0 Å². The first kappa shape index (κ1) is 27.5. The average molecular weight is 474 g/mol. The maximum atomic E-state index is 11.8. The molecule has 0 aromatic carbocycles. The van der Waals surface area contributed by atoms with Gasteiger partial charge in [-0.1, -0.05) is 0 Å². The van der Waals surface area contributed by atoms with Crippen LogP contribution in [0.2, 0.25) is 0 Å². The highest BCUT2D eigenvalue weighted by Gasteiger charge is 2.53. The Morgan fingerprint density at radius 2 is 1.45 bits per heavy atom. The molecule has 182 valence electrons. The first-order valence-corrected chi connectivity index (χ1v) is 9.60. The van der Waals surface area contributed by atoms with Gasteiger partial charge in [-0.15, -0.1) is 0 Å². The maximum absolute atomic E-state index is 11.8. The van der Waals surface area contributed by atoms with Gasteiger partial charge in [0.2, 0.25) is 9.82 Å². The summed E-state index contributed by atoms with van der Waals surface area (Å²) in [4.78, 5) is 52.2. The molecule has 0 saturated carbocycles. The molecule has 33 heavy (non-hydrogen) atoms. The van der Waals surface area contributed by atoms with Crippen LogP contribution < -0.4 is 9.82 Å². The molecule has 1 aliphatic heterocycles. The summed E-state index contributed by atoms with van der Waals surface area (Å²) in [5.74, 6) is -2.97. The molecule has 6 atom stereocenters. The van der Waals surface area contributed by atoms with Crippen LogP contribution >= 0.6 is 0 Å². The quantitative estimate of drug-likeness (QED) is 0.170. The Morgan fingerprint density at radius 3 is 1.97 bits per heavy atom. The van der Waals surface area contributed by atoms with Crippen molar-refractivity contribution < 1.29 is 47.6 Å². The van der Waals surface area contributed by atoms with E-state index in [1.165, 1.54) is 0 Å². The molecule has 1 rings (SSSR count). The topological polar surface area (TPSA) is 224 Å². The number of rotatable bonds is 11. The van der Waals surface area contributed by atoms with E-state index in [0.29, 0.717) is 0 Å². The number of hydrogen-bond donors (Lipinski definition) is 2. The number of nitrogens with zero attached hydrogens (tertiary/aromatic N) is 4. The molecular formula is C17H26N6O10+2. The van der Waals surface area contributed by atoms with Crippen molar-refractivity contribution >= 4 is 23.9 Å². The Morgan fingerprint density at radius 1 is 0.879 bits per heavy atom. The van der Waals surface area contributed by atoms with Gasteiger partial charge in [0.25, 0.3) is 0 Å². The number of esters is 4. The minimum atomic E-state index is -1.40. The molecule has 6 unspecified atom stereocenters. The Hall–Kier alpha value is -3.58. The normalized spacial score (nSPS) is 24.8. The van der Waals surface area contributed by atoms with Crippen LogP contribution in [0.15, 0.2) is 10.2 Å². The minimum absolute atomic E-state index is 0.142. The summed E-state index contributed by atoms with van der Waals surface area (Å²) < 4.78 is 32.1. The van der Waals surface area contributed by atoms with Crippen molar-refractivity contribution in [1.82, 2.24) is 9.82 Å². The minimum Gasteiger partial charge on any atom is -0.463 e. The highest BCUT2D eigenvalue weighted by molar-refractivity contribution is 5.68. The van der Waals surface area contributed by atoms with Crippen LogP contribution in [-0.2, 0) is 47.6 Å². The zero-order valence-electron chi connectivity index (χ0n) is 18.5. The van der Waals surface area contributed by atoms with Crippen LogP contribution in [0.3, 0.4) is 0 Å². The van der Waals surface area contributed by atoms with Gasteiger partial charge in [-0.25, -0.2) is 0 Å². The lowest BCUT2D eigenvalue weighted by atomic mass is 9.98. The van der Waals surface area contributed by atoms with E-state index in [2.05, 4.69) is 20.1 Å². The second kappa shape index (κ2) is 13.8. The zero-order valence-corrected chi connectivity index (χ0v) is 18.5. The number of hydrogen-bond acceptors (Lipinski definition) is 14. The Kier molecular flexibility index (Phi) is 11.4. The monoisotopic (exact) mass is 474 g/mol. The second-order valence-electron chi connectivity index (χ2n) is 6.69. The van der Waals surface area contributed by atoms with E-state index in [0.717, 1.165) is 27.7 Å². The van der Waals surface area contributed by atoms with E-state index < -0.39 is 67.2 Å². The summed E-state index contributed by atoms with van der Waals surface area (Å²) >= 11 is 0. The molecule has 0 amide bonds. The fraction of sp³-hybridized carbons (Fsp3) is 0.765. The van der Waals surface area contributed by atoms with Crippen molar-refractivity contribution in [2.24, 2.45) is 10.2 Å². The fourth-order valence-electron chi connectivity index (χ4n) is 2.87. The molecule has 0 bridgehead atoms. The van der Waals surface area contributed by atoms with E-state index in [-0.39, 0.29) is 13.2 Å². The van der Waals surface area contributed by atoms with Gasteiger partial charge >= 0.3 is 23.9 Å². The van der Waals surface area contributed by atoms with Crippen LogP contribution in [0.25, 0.3) is 0 Å². The number of carbonyl (C=O) groups excluding carboxylic acids is 4. The van der Waals surface area contributed by atoms with Crippen molar-refractivity contribution in [3.63, 3.8) is 0 Å². The molecule has 0 spiro atoms. The first-order chi connectivity index (χ1) is 15.6. The summed E-state index contributed by atoms with van der Waals surface area (Å²) in [6.07, 6.45) is -6.64. The number of nitrogens with one attached hydrogen (secondary N) is 2. The van der Waals surface area contributed by atoms with Crippen LogP contribution in [-0.4, -0.2) is 80.4 Å². The molecule has 16 nitrogen and oxygen atoms in total. The van der Waals surface area contributed by atoms with E-state index in [4.69, 9.17) is 39.5 Å². The van der Waals surface area contributed by atoms with Crippen LogP contribution in [0.5, 0.6) is 0 Å². The molecule has 0 aromatic rings. The van der Waals surface area contributed by atoms with Crippen LogP contribution in [0, 0.1) is 11.1 Å². The predicted molar refractivity (Wildman–Crippen MR) is 101 cm³/mol. The summed E-state index contributed by atoms with van der Waals surface area (Å²) in [5, 5.41) is 7.02. The van der Waals surface area contributed by atoms with Gasteiger partial charge in [-0.2, -0.15) is 0 Å². The third kappa shape index (κ3) is 9.62. The highest BCUT2D eigenvalue weighted by atomic mass is 16.7. The maximum Gasteiger partial charge on any atom is 0.303 e. The molecule has 16 heteroatoms. The van der Waals surface area contributed by atoms with Gasteiger partial charge in [0.1, 0.15) is 34.0 Å². The van der Waals surface area contributed by atoms with Gasteiger partial charge < -0.3 is 28.4 Å². The molecule has 2 N–H and O–H groups in total. The third-order valence-corrected chi connectivity index (χ3v) is 3.99. The lowest BCUT2D eigenvalue weighted by Crippen LogP contribution is -2.63. The van der Waals surface area contributed by atoms with Crippen LogP contribution in [0.1, 0.15) is 27.7 Å². The van der Waals surface area contributed by atoms with Gasteiger partial charge in [0, 0.05) is 27.7 Å². The molecule has 0 aliphatic carbocycles. The van der Waals surface area contributed by atoms with Crippen molar-refractivity contribution in [1.29, 1.82) is 11.1 Å². The third-order valence-electron chi connectivity index (χ3n) is 3.99. The Bertz CT molecular complexity index is 825. The van der Waals surface area contributed by atoms with Gasteiger partial charge in [0.05, 0.1) is 6.61 Å². The van der Waals surface area contributed by atoms with E-state index >= 15 is 0 Å².